The van der Waals surface area contributed by atoms with Crippen LogP contribution in [0, 0.1) is 0 Å². The van der Waals surface area contributed by atoms with E-state index in [0.717, 1.165) is 11.4 Å². The van der Waals surface area contributed by atoms with E-state index in [1.54, 1.807) is 7.05 Å². The van der Waals surface area contributed by atoms with Gasteiger partial charge in [-0.3, -0.25) is 4.99 Å². The Balaban J connectivity index is 2.22. The first-order valence-electron chi connectivity index (χ1n) is 4.30. The number of nitrogens with zero attached hydrogens (tertiary/aromatic N) is 2. The second-order valence-electron chi connectivity index (χ2n) is 3.21. The van der Waals surface area contributed by atoms with Crippen LogP contribution in [-0.4, -0.2) is 37.5 Å². The fourth-order valence-electron chi connectivity index (χ4n) is 1.81. The van der Waals surface area contributed by atoms with Crippen LogP contribution in [0.4, 0.5) is 0 Å². The van der Waals surface area contributed by atoms with E-state index in [2.05, 4.69) is 10.1 Å². The average molecular weight is 183 g/mol. The van der Waals surface area contributed by atoms with Crippen LogP contribution in [0.25, 0.3) is 0 Å². The monoisotopic (exact) mass is 183 g/mol. The molecular formula is C8H13N3O2. The lowest BCUT2D eigenvalue weighted by Crippen LogP contribution is -2.26. The van der Waals surface area contributed by atoms with Gasteiger partial charge in [-0.05, 0) is 0 Å². The molecule has 2 rings (SSSR count). The lowest BCUT2D eigenvalue weighted by atomic mass is 10.2. The lowest BCUT2D eigenvalue weighted by molar-refractivity contribution is -0.140. The Morgan fingerprint density at radius 3 is 2.31 bits per heavy atom. The normalized spacial score (nSPS) is 32.4. The summed E-state index contributed by atoms with van der Waals surface area (Å²) < 4.78 is 11.1. The molecule has 0 bridgehead atoms. The fraction of sp³-hybridized carbons (Fsp3) is 0.750. The Labute approximate surface area is 76.6 Å². The number of hydrogen-bond acceptors (Lipinski definition) is 5. The van der Waals surface area contributed by atoms with Gasteiger partial charge in [-0.15, -0.1) is 0 Å². The van der Waals surface area contributed by atoms with E-state index in [9.17, 15) is 0 Å². The predicted octanol–water partition coefficient (Wildman–Crippen LogP) is -0.0912. The van der Waals surface area contributed by atoms with E-state index >= 15 is 0 Å². The van der Waals surface area contributed by atoms with Gasteiger partial charge in [-0.25, -0.2) is 0 Å². The highest BCUT2D eigenvalue weighted by Crippen LogP contribution is 2.34. The first-order chi connectivity index (χ1) is 6.29. The Kier molecular flexibility index (Phi) is 2.05. The third-order valence-electron chi connectivity index (χ3n) is 2.45. The zero-order valence-corrected chi connectivity index (χ0v) is 7.62. The number of hydrazone groups is 1. The highest BCUT2D eigenvalue weighted by molar-refractivity contribution is 6.44. The van der Waals surface area contributed by atoms with Crippen LogP contribution < -0.4 is 5.84 Å². The predicted molar refractivity (Wildman–Crippen MR) is 48.9 cm³/mol. The van der Waals surface area contributed by atoms with E-state index in [-0.39, 0.29) is 0 Å². The third kappa shape index (κ3) is 1.34. The molecule has 5 heteroatoms. The minimum atomic E-state index is -0.507. The Hall–Kier alpha value is -0.940. The van der Waals surface area contributed by atoms with Crippen LogP contribution in [0.3, 0.4) is 0 Å². The molecule has 1 spiro atoms. The lowest BCUT2D eigenvalue weighted by Gasteiger charge is -2.18. The molecule has 0 atom stereocenters. The van der Waals surface area contributed by atoms with Crippen molar-refractivity contribution in [2.45, 2.75) is 18.6 Å². The summed E-state index contributed by atoms with van der Waals surface area (Å²) in [7, 11) is 1.73. The summed E-state index contributed by atoms with van der Waals surface area (Å²) in [5.74, 6) is 4.74. The maximum Gasteiger partial charge on any atom is 0.179 e. The van der Waals surface area contributed by atoms with Crippen molar-refractivity contribution >= 4 is 11.4 Å². The first kappa shape index (κ1) is 8.65. The van der Waals surface area contributed by atoms with Gasteiger partial charge in [0.1, 0.15) is 0 Å². The van der Waals surface area contributed by atoms with Gasteiger partial charge in [0.2, 0.25) is 0 Å². The zero-order chi connectivity index (χ0) is 9.31. The zero-order valence-electron chi connectivity index (χ0n) is 7.62. The van der Waals surface area contributed by atoms with Crippen molar-refractivity contribution in [1.29, 1.82) is 0 Å². The summed E-state index contributed by atoms with van der Waals surface area (Å²) in [6.07, 6.45) is 1.29. The minimum absolute atomic E-state index is 0.507. The van der Waals surface area contributed by atoms with Crippen molar-refractivity contribution in [1.82, 2.24) is 0 Å². The molecule has 0 amide bonds. The van der Waals surface area contributed by atoms with Crippen LogP contribution >= 0.6 is 0 Å². The molecule has 1 aliphatic carbocycles. The van der Waals surface area contributed by atoms with Crippen molar-refractivity contribution in [3.63, 3.8) is 0 Å². The molecule has 1 saturated carbocycles. The summed E-state index contributed by atoms with van der Waals surface area (Å²) in [6.45, 7) is 1.30. The van der Waals surface area contributed by atoms with E-state index in [4.69, 9.17) is 15.3 Å². The number of nitrogens with two attached hydrogens (primary N) is 1. The van der Waals surface area contributed by atoms with Crippen LogP contribution in [0.2, 0.25) is 0 Å². The maximum atomic E-state index is 5.53. The van der Waals surface area contributed by atoms with Crippen molar-refractivity contribution < 1.29 is 9.47 Å². The molecule has 13 heavy (non-hydrogen) atoms. The molecule has 1 aliphatic heterocycles. The number of aliphatic imine (C=N–C) groups is 1. The number of hydrogen-bond donors (Lipinski definition) is 1. The molecule has 1 saturated heterocycles. The fourth-order valence-corrected chi connectivity index (χ4v) is 1.81. The molecule has 0 aromatic heterocycles. The summed E-state index contributed by atoms with van der Waals surface area (Å²) in [5, 5.41) is 3.68. The highest BCUT2D eigenvalue weighted by atomic mass is 16.7. The standard InChI is InChI=1S/C8H13N3O2/c1-10-6-4-8(5-7(6)11-9)12-2-3-13-8/h2-5,9H2,1H3. The Morgan fingerprint density at radius 2 is 1.85 bits per heavy atom. The smallest absolute Gasteiger partial charge is 0.179 e. The molecule has 2 N–H and O–H groups in total. The molecule has 0 unspecified atom stereocenters. The van der Waals surface area contributed by atoms with E-state index < -0.39 is 5.79 Å². The SMILES string of the molecule is CN=C1CC2(CC1=NN)OCCO2. The highest BCUT2D eigenvalue weighted by Gasteiger charge is 2.45. The van der Waals surface area contributed by atoms with Gasteiger partial charge in [0.05, 0.1) is 24.6 Å². The minimum Gasteiger partial charge on any atom is -0.347 e. The summed E-state index contributed by atoms with van der Waals surface area (Å²) in [4.78, 5) is 4.10. The van der Waals surface area contributed by atoms with Gasteiger partial charge in [-0.1, -0.05) is 0 Å². The Bertz CT molecular complexity index is 245. The Morgan fingerprint density at radius 1 is 1.23 bits per heavy atom. The maximum absolute atomic E-state index is 5.53. The van der Waals surface area contributed by atoms with Crippen molar-refractivity contribution in [3.05, 3.63) is 0 Å². The third-order valence-corrected chi connectivity index (χ3v) is 2.45. The topological polar surface area (TPSA) is 69.2 Å². The number of ether oxygens (including phenoxy) is 2. The second kappa shape index (κ2) is 3.08. The van der Waals surface area contributed by atoms with Crippen LogP contribution in [-0.2, 0) is 9.47 Å². The van der Waals surface area contributed by atoms with Crippen molar-refractivity contribution in [2.75, 3.05) is 20.3 Å². The molecule has 0 aromatic carbocycles. The summed E-state index contributed by atoms with van der Waals surface area (Å²) in [6, 6.07) is 0. The van der Waals surface area contributed by atoms with E-state index in [0.29, 0.717) is 26.1 Å². The van der Waals surface area contributed by atoms with Crippen LogP contribution in [0.15, 0.2) is 10.1 Å². The van der Waals surface area contributed by atoms with Gasteiger partial charge < -0.3 is 15.3 Å². The second-order valence-corrected chi connectivity index (χ2v) is 3.21. The largest absolute Gasteiger partial charge is 0.347 e. The summed E-state index contributed by atoms with van der Waals surface area (Å²) >= 11 is 0. The first-order valence-corrected chi connectivity index (χ1v) is 4.30. The van der Waals surface area contributed by atoms with Crippen molar-refractivity contribution in [3.8, 4) is 0 Å². The van der Waals surface area contributed by atoms with Crippen LogP contribution in [0.5, 0.6) is 0 Å². The molecule has 0 radical (unpaired) electrons. The van der Waals surface area contributed by atoms with Gasteiger partial charge >= 0.3 is 0 Å². The average Bonchev–Trinajstić information content (AvgIpc) is 2.74. The molecule has 72 valence electrons. The molecular weight excluding hydrogens is 170 g/mol. The van der Waals surface area contributed by atoms with Gasteiger partial charge in [0.15, 0.2) is 5.79 Å². The van der Waals surface area contributed by atoms with Crippen molar-refractivity contribution in [2.24, 2.45) is 15.9 Å². The summed E-state index contributed by atoms with van der Waals surface area (Å²) in [5.41, 5.74) is 1.69. The van der Waals surface area contributed by atoms with Gasteiger partial charge in [-0.2, -0.15) is 5.10 Å². The molecule has 0 aromatic rings. The van der Waals surface area contributed by atoms with E-state index in [1.807, 2.05) is 0 Å². The molecule has 2 fully saturated rings. The van der Waals surface area contributed by atoms with E-state index in [1.165, 1.54) is 0 Å². The van der Waals surface area contributed by atoms with Gasteiger partial charge in [0, 0.05) is 19.9 Å². The van der Waals surface area contributed by atoms with Crippen LogP contribution in [0.1, 0.15) is 12.8 Å². The van der Waals surface area contributed by atoms with Gasteiger partial charge in [0.25, 0.3) is 0 Å². The quantitative estimate of drug-likeness (QED) is 0.421. The molecule has 5 nitrogen and oxygen atoms in total. The molecule has 2 aliphatic rings. The molecule has 1 heterocycles. The number of rotatable bonds is 0.